The van der Waals surface area contributed by atoms with Gasteiger partial charge in [0.25, 0.3) is 5.69 Å². The summed E-state index contributed by atoms with van der Waals surface area (Å²) in [5, 5.41) is 24.3. The van der Waals surface area contributed by atoms with Crippen molar-refractivity contribution in [2.45, 2.75) is 40.0 Å². The van der Waals surface area contributed by atoms with Crippen LogP contribution in [0.25, 0.3) is 0 Å². The van der Waals surface area contributed by atoms with Crippen molar-refractivity contribution < 1.29 is 24.4 Å². The number of hydrogen-bond donors (Lipinski definition) is 2. The number of piperazine rings is 1. The predicted molar refractivity (Wildman–Crippen MR) is 144 cm³/mol. The van der Waals surface area contributed by atoms with Crippen molar-refractivity contribution in [3.63, 3.8) is 0 Å². The number of carboxylic acid groups (broad SMARTS) is 1. The topological polar surface area (TPSA) is 125 Å². The van der Waals surface area contributed by atoms with E-state index in [2.05, 4.69) is 35.5 Å². The lowest BCUT2D eigenvalue weighted by atomic mass is 9.80. The lowest BCUT2D eigenvalue weighted by molar-refractivity contribution is -0.384. The maximum atomic E-state index is 13.4. The quantitative estimate of drug-likeness (QED) is 0.192. The van der Waals surface area contributed by atoms with Gasteiger partial charge in [0.1, 0.15) is 0 Å². The number of rotatable bonds is 11. The van der Waals surface area contributed by atoms with Crippen molar-refractivity contribution in [2.24, 2.45) is 5.41 Å². The molecule has 0 bridgehead atoms. The highest BCUT2D eigenvalue weighted by atomic mass is 16.6. The number of non-ortho nitro benzene ring substituents is 1. The molecule has 10 heteroatoms. The van der Waals surface area contributed by atoms with Gasteiger partial charge in [0.2, 0.25) is 0 Å². The Morgan fingerprint density at radius 3 is 2.42 bits per heavy atom. The number of nitro benzene ring substituents is 1. The second kappa shape index (κ2) is 12.4. The van der Waals surface area contributed by atoms with Gasteiger partial charge in [-0.25, -0.2) is 9.59 Å². The third kappa shape index (κ3) is 7.08. The first-order chi connectivity index (χ1) is 17.9. The van der Waals surface area contributed by atoms with Gasteiger partial charge in [-0.1, -0.05) is 32.1 Å². The Bertz CT molecular complexity index is 1150. The first-order valence-corrected chi connectivity index (χ1v) is 12.8. The zero-order valence-electron chi connectivity index (χ0n) is 22.7. The zero-order valence-corrected chi connectivity index (χ0v) is 22.7. The lowest BCUT2D eigenvalue weighted by Crippen LogP contribution is -2.49. The molecule has 1 atom stereocenters. The molecule has 1 aromatic rings. The summed E-state index contributed by atoms with van der Waals surface area (Å²) in [6.07, 6.45) is 2.56. The van der Waals surface area contributed by atoms with E-state index in [1.165, 1.54) is 18.2 Å². The van der Waals surface area contributed by atoms with Crippen LogP contribution in [0, 0.1) is 15.5 Å². The largest absolute Gasteiger partial charge is 0.478 e. The van der Waals surface area contributed by atoms with E-state index >= 15 is 0 Å². The molecule has 0 amide bonds. The minimum atomic E-state index is -1.21. The Kier molecular flexibility index (Phi) is 9.45. The SMILES string of the molecule is C=CCN1CCN(CC(C)(C)CCOC(=O)C2=C(C)NC(C)=C(C(=O)O)C2c2cccc([N+](=O)[O-])c2)CC1. The van der Waals surface area contributed by atoms with E-state index in [0.717, 1.165) is 39.3 Å². The number of nitrogens with zero attached hydrogens (tertiary/aromatic N) is 3. The molecule has 38 heavy (non-hydrogen) atoms. The third-order valence-electron chi connectivity index (χ3n) is 7.14. The smallest absolute Gasteiger partial charge is 0.336 e. The Hall–Kier alpha value is -3.50. The zero-order chi connectivity index (χ0) is 28.0. The van der Waals surface area contributed by atoms with E-state index in [-0.39, 0.29) is 28.9 Å². The summed E-state index contributed by atoms with van der Waals surface area (Å²) in [4.78, 5) is 41.2. The van der Waals surface area contributed by atoms with Crippen molar-refractivity contribution in [3.05, 3.63) is 75.1 Å². The Morgan fingerprint density at radius 2 is 1.82 bits per heavy atom. The number of carboxylic acids is 1. The van der Waals surface area contributed by atoms with Crippen LogP contribution in [0.4, 0.5) is 5.69 Å². The molecule has 1 aromatic carbocycles. The van der Waals surface area contributed by atoms with Gasteiger partial charge in [-0.3, -0.25) is 15.0 Å². The predicted octanol–water partition coefficient (Wildman–Crippen LogP) is 3.68. The molecular weight excluding hydrogens is 488 g/mol. The van der Waals surface area contributed by atoms with Crippen molar-refractivity contribution in [1.82, 2.24) is 15.1 Å². The maximum absolute atomic E-state index is 13.4. The number of carbonyl (C=O) groups is 2. The Labute approximate surface area is 223 Å². The molecule has 0 radical (unpaired) electrons. The number of nitro groups is 1. The number of hydrogen-bond acceptors (Lipinski definition) is 8. The van der Waals surface area contributed by atoms with Crippen molar-refractivity contribution in [1.29, 1.82) is 0 Å². The van der Waals surface area contributed by atoms with Crippen LogP contribution in [0.1, 0.15) is 45.6 Å². The summed E-state index contributed by atoms with van der Waals surface area (Å²) in [5.74, 6) is -2.84. The van der Waals surface area contributed by atoms with Crippen LogP contribution in [0.15, 0.2) is 59.5 Å². The molecule has 0 saturated carbocycles. The average Bonchev–Trinajstić information content (AvgIpc) is 2.84. The minimum Gasteiger partial charge on any atom is -0.478 e. The van der Waals surface area contributed by atoms with Gasteiger partial charge in [-0.15, -0.1) is 6.58 Å². The van der Waals surface area contributed by atoms with Crippen molar-refractivity contribution >= 4 is 17.6 Å². The van der Waals surface area contributed by atoms with Crippen LogP contribution in [0.2, 0.25) is 0 Å². The summed E-state index contributed by atoms with van der Waals surface area (Å²) in [6, 6.07) is 5.72. The van der Waals surface area contributed by atoms with Crippen LogP contribution in [0.3, 0.4) is 0 Å². The standard InChI is InChI=1S/C28H38N4O6/c1-6-11-30-12-14-31(15-13-30)18-28(4,5)10-16-38-27(35)24-20(3)29-19(2)23(26(33)34)25(24)21-8-7-9-22(17-21)32(36)37/h6-9,17,25,29H,1,10-16,18H2,2-5H3,(H,33,34). The highest BCUT2D eigenvalue weighted by molar-refractivity contribution is 5.99. The van der Waals surface area contributed by atoms with E-state index in [1.54, 1.807) is 19.9 Å². The van der Waals surface area contributed by atoms with Crippen LogP contribution in [-0.4, -0.2) is 77.6 Å². The van der Waals surface area contributed by atoms with Crippen molar-refractivity contribution in [3.8, 4) is 0 Å². The fourth-order valence-electron chi connectivity index (χ4n) is 5.19. The number of carbonyl (C=O) groups excluding carboxylic acids is 1. The molecule has 0 spiro atoms. The van der Waals surface area contributed by atoms with Gasteiger partial charge in [-0.2, -0.15) is 0 Å². The molecule has 2 N–H and O–H groups in total. The van der Waals surface area contributed by atoms with Crippen LogP contribution in [0.5, 0.6) is 0 Å². The van der Waals surface area contributed by atoms with Gasteiger partial charge in [-0.05, 0) is 31.2 Å². The molecule has 1 unspecified atom stereocenters. The number of allylic oxidation sites excluding steroid dienone is 2. The number of ether oxygens (including phenoxy) is 1. The molecule has 0 aromatic heterocycles. The average molecular weight is 527 g/mol. The van der Waals surface area contributed by atoms with Gasteiger partial charge < -0.3 is 20.1 Å². The van der Waals surface area contributed by atoms with Crippen LogP contribution in [-0.2, 0) is 14.3 Å². The summed E-state index contributed by atoms with van der Waals surface area (Å²) >= 11 is 0. The summed E-state index contributed by atoms with van der Waals surface area (Å²) in [5.41, 5.74) is 1.00. The van der Waals surface area contributed by atoms with E-state index < -0.39 is 22.8 Å². The molecule has 0 aliphatic carbocycles. The molecular formula is C28H38N4O6. The molecule has 2 heterocycles. The first-order valence-electron chi connectivity index (χ1n) is 12.8. The molecule has 1 fully saturated rings. The lowest BCUT2D eigenvalue weighted by Gasteiger charge is -2.38. The highest BCUT2D eigenvalue weighted by Gasteiger charge is 2.38. The fraction of sp³-hybridized carbons (Fsp3) is 0.500. The third-order valence-corrected chi connectivity index (χ3v) is 7.14. The number of esters is 1. The Morgan fingerprint density at radius 1 is 1.18 bits per heavy atom. The maximum Gasteiger partial charge on any atom is 0.336 e. The summed E-state index contributed by atoms with van der Waals surface area (Å²) in [6.45, 7) is 17.3. The number of dihydropyridines is 1. The number of nitrogens with one attached hydrogen (secondary N) is 1. The summed E-state index contributed by atoms with van der Waals surface area (Å²) < 4.78 is 5.69. The van der Waals surface area contributed by atoms with Gasteiger partial charge in [0, 0.05) is 62.8 Å². The second-order valence-electron chi connectivity index (χ2n) is 10.7. The first kappa shape index (κ1) is 29.1. The van der Waals surface area contributed by atoms with E-state index in [1.807, 2.05) is 6.08 Å². The number of benzene rings is 1. The van der Waals surface area contributed by atoms with Gasteiger partial charge in [0.05, 0.1) is 28.6 Å². The fourth-order valence-corrected chi connectivity index (χ4v) is 5.19. The molecule has 206 valence electrons. The minimum absolute atomic E-state index is 0.0426. The van der Waals surface area contributed by atoms with Gasteiger partial charge >= 0.3 is 11.9 Å². The number of aliphatic carboxylic acids is 1. The molecule has 2 aliphatic heterocycles. The monoisotopic (exact) mass is 526 g/mol. The second-order valence-corrected chi connectivity index (χ2v) is 10.7. The van der Waals surface area contributed by atoms with E-state index in [4.69, 9.17) is 4.74 Å². The molecule has 1 saturated heterocycles. The summed E-state index contributed by atoms with van der Waals surface area (Å²) in [7, 11) is 0. The van der Waals surface area contributed by atoms with Crippen molar-refractivity contribution in [2.75, 3.05) is 45.9 Å². The van der Waals surface area contributed by atoms with Gasteiger partial charge in [0.15, 0.2) is 0 Å². The normalized spacial score (nSPS) is 19.2. The van der Waals surface area contributed by atoms with E-state index in [9.17, 15) is 24.8 Å². The van der Waals surface area contributed by atoms with Crippen LogP contribution < -0.4 is 5.32 Å². The molecule has 3 rings (SSSR count). The molecule has 10 nitrogen and oxygen atoms in total. The highest BCUT2D eigenvalue weighted by Crippen LogP contribution is 2.39. The van der Waals surface area contributed by atoms with E-state index in [0.29, 0.717) is 23.4 Å². The Balaban J connectivity index is 1.72. The van der Waals surface area contributed by atoms with Crippen LogP contribution >= 0.6 is 0 Å². The molecule has 2 aliphatic rings.